The standard InChI is InChI=1S/C27H19N3O/c31-26(20-12-5-2-6-13-20)21-14-9-15-22(18-21)28-27-24-17-8-7-16-23(24)25(29-30-27)19-10-3-1-4-11-19/h1-18H,(H,28,30). The highest BCUT2D eigenvalue weighted by atomic mass is 16.1. The van der Waals surface area contributed by atoms with Gasteiger partial charge in [0.15, 0.2) is 11.6 Å². The minimum absolute atomic E-state index is 0.0142. The van der Waals surface area contributed by atoms with Crippen LogP contribution in [0.15, 0.2) is 109 Å². The quantitative estimate of drug-likeness (QED) is 0.353. The minimum Gasteiger partial charge on any atom is -0.338 e. The van der Waals surface area contributed by atoms with Crippen LogP contribution in [-0.2, 0) is 0 Å². The SMILES string of the molecule is O=C(c1ccccc1)c1cccc(Nc2nnc(-c3ccccc3)c3ccccc23)c1. The number of hydrogen-bond acceptors (Lipinski definition) is 4. The average molecular weight is 401 g/mol. The van der Waals surface area contributed by atoms with Gasteiger partial charge in [0.1, 0.15) is 5.69 Å². The number of hydrogen-bond donors (Lipinski definition) is 1. The van der Waals surface area contributed by atoms with Gasteiger partial charge in [-0.2, -0.15) is 0 Å². The Morgan fingerprint density at radius 2 is 1.26 bits per heavy atom. The highest BCUT2D eigenvalue weighted by molar-refractivity contribution is 6.09. The molecule has 1 heterocycles. The van der Waals surface area contributed by atoms with Gasteiger partial charge in [0, 0.05) is 33.2 Å². The first-order valence-corrected chi connectivity index (χ1v) is 10.1. The molecule has 0 radical (unpaired) electrons. The van der Waals surface area contributed by atoms with Gasteiger partial charge in [-0.25, -0.2) is 0 Å². The molecule has 5 rings (SSSR count). The molecule has 4 nitrogen and oxygen atoms in total. The van der Waals surface area contributed by atoms with Crippen LogP contribution < -0.4 is 5.32 Å². The largest absolute Gasteiger partial charge is 0.338 e. The van der Waals surface area contributed by atoms with Crippen LogP contribution in [0.1, 0.15) is 15.9 Å². The Kier molecular flexibility index (Phi) is 4.95. The molecular formula is C27H19N3O. The molecule has 4 heteroatoms. The van der Waals surface area contributed by atoms with Crippen molar-refractivity contribution in [1.29, 1.82) is 0 Å². The number of ketones is 1. The summed E-state index contributed by atoms with van der Waals surface area (Å²) in [4.78, 5) is 12.8. The van der Waals surface area contributed by atoms with E-state index in [1.54, 1.807) is 0 Å². The number of fused-ring (bicyclic) bond motifs is 1. The van der Waals surface area contributed by atoms with Gasteiger partial charge in [-0.05, 0) is 12.1 Å². The summed E-state index contributed by atoms with van der Waals surface area (Å²) < 4.78 is 0. The van der Waals surface area contributed by atoms with Crippen LogP contribution in [0.5, 0.6) is 0 Å². The zero-order valence-corrected chi connectivity index (χ0v) is 16.7. The normalized spacial score (nSPS) is 10.7. The molecule has 4 aromatic carbocycles. The van der Waals surface area contributed by atoms with Crippen LogP contribution >= 0.6 is 0 Å². The number of aromatic nitrogens is 2. The molecule has 1 N–H and O–H groups in total. The number of nitrogens with zero attached hydrogens (tertiary/aromatic N) is 2. The molecule has 0 amide bonds. The number of benzene rings is 4. The van der Waals surface area contributed by atoms with Crippen LogP contribution in [0.3, 0.4) is 0 Å². The molecule has 0 spiro atoms. The van der Waals surface area contributed by atoms with Gasteiger partial charge in [0.25, 0.3) is 0 Å². The Bertz CT molecular complexity index is 1370. The molecule has 0 bridgehead atoms. The Labute approximate surface area is 180 Å². The van der Waals surface area contributed by atoms with Crippen molar-refractivity contribution in [1.82, 2.24) is 10.2 Å². The molecule has 0 saturated heterocycles. The highest BCUT2D eigenvalue weighted by Crippen LogP contribution is 2.31. The first kappa shape index (κ1) is 18.7. The second kappa shape index (κ2) is 8.20. The average Bonchev–Trinajstić information content (AvgIpc) is 2.85. The number of nitrogens with one attached hydrogen (secondary N) is 1. The maximum Gasteiger partial charge on any atom is 0.193 e. The second-order valence-electron chi connectivity index (χ2n) is 7.21. The van der Waals surface area contributed by atoms with E-state index in [9.17, 15) is 4.79 Å². The van der Waals surface area contributed by atoms with E-state index in [4.69, 9.17) is 0 Å². The number of rotatable bonds is 5. The molecule has 5 aromatic rings. The fraction of sp³-hybridized carbons (Fsp3) is 0. The van der Waals surface area contributed by atoms with Crippen molar-refractivity contribution in [3.05, 3.63) is 120 Å². The predicted molar refractivity (Wildman–Crippen MR) is 125 cm³/mol. The van der Waals surface area contributed by atoms with E-state index in [-0.39, 0.29) is 5.78 Å². The maximum atomic E-state index is 12.8. The van der Waals surface area contributed by atoms with E-state index < -0.39 is 0 Å². The Balaban J connectivity index is 1.51. The molecule has 1 aromatic heterocycles. The van der Waals surface area contributed by atoms with Crippen molar-refractivity contribution >= 4 is 28.1 Å². The number of carbonyl (C=O) groups is 1. The molecule has 0 fully saturated rings. The van der Waals surface area contributed by atoms with E-state index >= 15 is 0 Å². The smallest absolute Gasteiger partial charge is 0.193 e. The van der Waals surface area contributed by atoms with Crippen molar-refractivity contribution in [3.8, 4) is 11.3 Å². The van der Waals surface area contributed by atoms with E-state index in [1.165, 1.54) is 0 Å². The summed E-state index contributed by atoms with van der Waals surface area (Å²) in [6.45, 7) is 0. The molecule has 31 heavy (non-hydrogen) atoms. The summed E-state index contributed by atoms with van der Waals surface area (Å²) in [5.74, 6) is 0.638. The Morgan fingerprint density at radius 3 is 2.03 bits per heavy atom. The molecule has 0 aliphatic heterocycles. The fourth-order valence-electron chi connectivity index (χ4n) is 3.64. The van der Waals surface area contributed by atoms with Crippen LogP contribution in [0, 0.1) is 0 Å². The third-order valence-electron chi connectivity index (χ3n) is 5.16. The fourth-order valence-corrected chi connectivity index (χ4v) is 3.64. The lowest BCUT2D eigenvalue weighted by Gasteiger charge is -2.12. The summed E-state index contributed by atoms with van der Waals surface area (Å²) in [6.07, 6.45) is 0. The van der Waals surface area contributed by atoms with E-state index in [2.05, 4.69) is 15.5 Å². The van der Waals surface area contributed by atoms with Crippen molar-refractivity contribution in [2.24, 2.45) is 0 Å². The lowest BCUT2D eigenvalue weighted by atomic mass is 10.0. The maximum absolute atomic E-state index is 12.8. The summed E-state index contributed by atoms with van der Waals surface area (Å²) in [6, 6.07) is 34.8. The number of anilines is 2. The number of carbonyl (C=O) groups excluding carboxylic acids is 1. The van der Waals surface area contributed by atoms with Gasteiger partial charge in [0.05, 0.1) is 0 Å². The summed E-state index contributed by atoms with van der Waals surface area (Å²) in [5.41, 5.74) is 3.93. The molecule has 0 aliphatic rings. The lowest BCUT2D eigenvalue weighted by Crippen LogP contribution is -2.03. The van der Waals surface area contributed by atoms with Crippen LogP contribution in [-0.4, -0.2) is 16.0 Å². The van der Waals surface area contributed by atoms with Gasteiger partial charge in [-0.1, -0.05) is 97.1 Å². The molecule has 0 atom stereocenters. The van der Waals surface area contributed by atoms with E-state index in [0.717, 1.165) is 27.7 Å². The van der Waals surface area contributed by atoms with Gasteiger partial charge in [-0.3, -0.25) is 4.79 Å². The second-order valence-corrected chi connectivity index (χ2v) is 7.21. The molecule has 0 aliphatic carbocycles. The third kappa shape index (κ3) is 3.79. The Morgan fingerprint density at radius 1 is 0.613 bits per heavy atom. The lowest BCUT2D eigenvalue weighted by molar-refractivity contribution is 0.103. The van der Waals surface area contributed by atoms with Crippen LogP contribution in [0.4, 0.5) is 11.5 Å². The predicted octanol–water partition coefficient (Wildman–Crippen LogP) is 6.27. The zero-order valence-electron chi connectivity index (χ0n) is 16.7. The van der Waals surface area contributed by atoms with Crippen molar-refractivity contribution in [3.63, 3.8) is 0 Å². The molecule has 148 valence electrons. The monoisotopic (exact) mass is 401 g/mol. The van der Waals surface area contributed by atoms with E-state index in [0.29, 0.717) is 16.9 Å². The van der Waals surface area contributed by atoms with Gasteiger partial charge in [-0.15, -0.1) is 10.2 Å². The van der Waals surface area contributed by atoms with E-state index in [1.807, 2.05) is 109 Å². The summed E-state index contributed by atoms with van der Waals surface area (Å²) >= 11 is 0. The first-order chi connectivity index (χ1) is 15.3. The molecule has 0 unspecified atom stereocenters. The molecular weight excluding hydrogens is 382 g/mol. The van der Waals surface area contributed by atoms with Gasteiger partial charge < -0.3 is 5.32 Å². The van der Waals surface area contributed by atoms with Crippen molar-refractivity contribution in [2.75, 3.05) is 5.32 Å². The van der Waals surface area contributed by atoms with Crippen LogP contribution in [0.25, 0.3) is 22.0 Å². The third-order valence-corrected chi connectivity index (χ3v) is 5.16. The minimum atomic E-state index is -0.0142. The van der Waals surface area contributed by atoms with Gasteiger partial charge >= 0.3 is 0 Å². The zero-order chi connectivity index (χ0) is 21.0. The van der Waals surface area contributed by atoms with Gasteiger partial charge in [0.2, 0.25) is 0 Å². The highest BCUT2D eigenvalue weighted by Gasteiger charge is 2.12. The first-order valence-electron chi connectivity index (χ1n) is 10.1. The van der Waals surface area contributed by atoms with Crippen molar-refractivity contribution < 1.29 is 4.79 Å². The van der Waals surface area contributed by atoms with Crippen LogP contribution in [0.2, 0.25) is 0 Å². The molecule has 0 saturated carbocycles. The Hall–Kier alpha value is -4.31. The van der Waals surface area contributed by atoms with Crippen molar-refractivity contribution in [2.45, 2.75) is 0 Å². The summed E-state index contributed by atoms with van der Waals surface area (Å²) in [7, 11) is 0. The summed E-state index contributed by atoms with van der Waals surface area (Å²) in [5, 5.41) is 14.3. The topological polar surface area (TPSA) is 54.9 Å².